The lowest BCUT2D eigenvalue weighted by Crippen LogP contribution is -2.16. The van der Waals surface area contributed by atoms with Gasteiger partial charge in [-0.15, -0.1) is 0 Å². The fourth-order valence-corrected chi connectivity index (χ4v) is 2.91. The monoisotopic (exact) mass is 364 g/mol. The molecule has 0 atom stereocenters. The van der Waals surface area contributed by atoms with Crippen LogP contribution in [0.4, 0.5) is 11.4 Å². The quantitative estimate of drug-likeness (QED) is 0.822. The number of methoxy groups -OCH3 is 2. The summed E-state index contributed by atoms with van der Waals surface area (Å²) in [5.41, 5.74) is 1.67. The Morgan fingerprint density at radius 1 is 1.04 bits per heavy atom. The number of sulfonamides is 1. The minimum atomic E-state index is -3.44. The van der Waals surface area contributed by atoms with Crippen LogP contribution in [0.5, 0.6) is 11.5 Å². The summed E-state index contributed by atoms with van der Waals surface area (Å²) in [6.45, 7) is 1.67. The van der Waals surface area contributed by atoms with Gasteiger partial charge < -0.3 is 14.8 Å². The molecule has 0 aliphatic rings. The number of hydrogen-bond acceptors (Lipinski definition) is 5. The van der Waals surface area contributed by atoms with Crippen LogP contribution in [0.1, 0.15) is 15.9 Å². The molecule has 8 heteroatoms. The van der Waals surface area contributed by atoms with Gasteiger partial charge in [-0.3, -0.25) is 9.52 Å². The van der Waals surface area contributed by atoms with Crippen molar-refractivity contribution in [2.75, 3.05) is 30.5 Å². The normalized spacial score (nSPS) is 10.9. The van der Waals surface area contributed by atoms with Crippen molar-refractivity contribution in [2.45, 2.75) is 6.92 Å². The topological polar surface area (TPSA) is 93.7 Å². The van der Waals surface area contributed by atoms with Crippen LogP contribution >= 0.6 is 0 Å². The first kappa shape index (κ1) is 18.6. The zero-order valence-corrected chi connectivity index (χ0v) is 15.2. The second-order valence-corrected chi connectivity index (χ2v) is 7.12. The van der Waals surface area contributed by atoms with Crippen LogP contribution in [0.2, 0.25) is 0 Å². The lowest BCUT2D eigenvalue weighted by Gasteiger charge is -2.14. The van der Waals surface area contributed by atoms with Gasteiger partial charge in [0.1, 0.15) is 11.5 Å². The number of carbonyl (C=O) groups is 1. The van der Waals surface area contributed by atoms with Crippen molar-refractivity contribution < 1.29 is 22.7 Å². The molecule has 0 saturated carbocycles. The highest BCUT2D eigenvalue weighted by Gasteiger charge is 2.16. The van der Waals surface area contributed by atoms with E-state index in [1.165, 1.54) is 14.2 Å². The largest absolute Gasteiger partial charge is 0.497 e. The molecular formula is C17H20N2O5S. The van der Waals surface area contributed by atoms with Gasteiger partial charge in [-0.2, -0.15) is 0 Å². The average Bonchev–Trinajstić information content (AvgIpc) is 2.55. The van der Waals surface area contributed by atoms with Gasteiger partial charge in [0.25, 0.3) is 5.91 Å². The Kier molecular flexibility index (Phi) is 5.53. The average molecular weight is 364 g/mol. The van der Waals surface area contributed by atoms with Gasteiger partial charge in [0, 0.05) is 11.6 Å². The second kappa shape index (κ2) is 7.43. The lowest BCUT2D eigenvalue weighted by atomic mass is 10.1. The molecule has 2 N–H and O–H groups in total. The Hall–Kier alpha value is -2.74. The summed E-state index contributed by atoms with van der Waals surface area (Å²) in [5, 5.41) is 2.76. The zero-order chi connectivity index (χ0) is 18.6. The Morgan fingerprint density at radius 3 is 2.36 bits per heavy atom. The van der Waals surface area contributed by atoms with Crippen LogP contribution in [-0.2, 0) is 10.0 Å². The van der Waals surface area contributed by atoms with E-state index in [4.69, 9.17) is 9.47 Å². The SMILES string of the molecule is COc1ccc(OC)c(NC(=O)c2cccc(NS(C)(=O)=O)c2C)c1. The molecule has 7 nitrogen and oxygen atoms in total. The van der Waals surface area contributed by atoms with Crippen LogP contribution in [0.25, 0.3) is 0 Å². The molecule has 2 aromatic carbocycles. The van der Waals surface area contributed by atoms with E-state index in [1.807, 2.05) is 0 Å². The molecule has 0 unspecified atom stereocenters. The van der Waals surface area contributed by atoms with E-state index >= 15 is 0 Å². The number of ether oxygens (including phenoxy) is 2. The first-order valence-corrected chi connectivity index (χ1v) is 9.25. The van der Waals surface area contributed by atoms with Gasteiger partial charge in [0.15, 0.2) is 0 Å². The van der Waals surface area contributed by atoms with Crippen LogP contribution < -0.4 is 19.5 Å². The number of rotatable bonds is 6. The number of benzene rings is 2. The van der Waals surface area contributed by atoms with Crippen molar-refractivity contribution in [3.05, 3.63) is 47.5 Å². The molecule has 0 aliphatic carbocycles. The Morgan fingerprint density at radius 2 is 1.76 bits per heavy atom. The maximum Gasteiger partial charge on any atom is 0.256 e. The second-order valence-electron chi connectivity index (χ2n) is 5.37. The third kappa shape index (κ3) is 4.63. The summed E-state index contributed by atoms with van der Waals surface area (Å²) in [4.78, 5) is 12.6. The molecule has 0 aromatic heterocycles. The van der Waals surface area contributed by atoms with E-state index in [0.29, 0.717) is 34.0 Å². The molecular weight excluding hydrogens is 344 g/mol. The van der Waals surface area contributed by atoms with E-state index in [2.05, 4.69) is 10.0 Å². The third-order valence-electron chi connectivity index (χ3n) is 3.53. The van der Waals surface area contributed by atoms with E-state index < -0.39 is 10.0 Å². The standard InChI is InChI=1S/C17H20N2O5S/c1-11-13(6-5-7-14(11)19-25(4,21)22)17(20)18-15-10-12(23-2)8-9-16(15)24-3/h5-10,19H,1-4H3,(H,18,20). The zero-order valence-electron chi connectivity index (χ0n) is 14.4. The smallest absolute Gasteiger partial charge is 0.256 e. The maximum atomic E-state index is 12.6. The highest BCUT2D eigenvalue weighted by atomic mass is 32.2. The van der Waals surface area contributed by atoms with E-state index in [0.717, 1.165) is 6.26 Å². The van der Waals surface area contributed by atoms with Crippen molar-refractivity contribution >= 4 is 27.3 Å². The van der Waals surface area contributed by atoms with Crippen molar-refractivity contribution in [3.63, 3.8) is 0 Å². The van der Waals surface area contributed by atoms with Crippen LogP contribution in [0.15, 0.2) is 36.4 Å². The number of hydrogen-bond donors (Lipinski definition) is 2. The van der Waals surface area contributed by atoms with Crippen molar-refractivity contribution in [2.24, 2.45) is 0 Å². The number of anilines is 2. The van der Waals surface area contributed by atoms with Crippen molar-refractivity contribution in [1.29, 1.82) is 0 Å². The fraction of sp³-hybridized carbons (Fsp3) is 0.235. The molecule has 0 saturated heterocycles. The predicted molar refractivity (Wildman–Crippen MR) is 97.1 cm³/mol. The van der Waals surface area contributed by atoms with Gasteiger partial charge in [0.2, 0.25) is 10.0 Å². The molecule has 0 aliphatic heterocycles. The molecule has 134 valence electrons. The molecule has 2 aromatic rings. The fourth-order valence-electron chi connectivity index (χ4n) is 2.29. The molecule has 0 heterocycles. The van der Waals surface area contributed by atoms with E-state index in [9.17, 15) is 13.2 Å². The number of nitrogens with one attached hydrogen (secondary N) is 2. The third-order valence-corrected chi connectivity index (χ3v) is 4.12. The number of amides is 1. The summed E-state index contributed by atoms with van der Waals surface area (Å²) in [6.07, 6.45) is 1.06. The summed E-state index contributed by atoms with van der Waals surface area (Å²) < 4.78 is 35.7. The summed E-state index contributed by atoms with van der Waals surface area (Å²) in [6, 6.07) is 9.87. The van der Waals surface area contributed by atoms with Crippen LogP contribution in [-0.4, -0.2) is 34.8 Å². The molecule has 25 heavy (non-hydrogen) atoms. The van der Waals surface area contributed by atoms with Crippen molar-refractivity contribution in [1.82, 2.24) is 0 Å². The molecule has 0 bridgehead atoms. The molecule has 1 amide bonds. The number of carbonyl (C=O) groups excluding carboxylic acids is 1. The van der Waals surface area contributed by atoms with Gasteiger partial charge >= 0.3 is 0 Å². The molecule has 0 radical (unpaired) electrons. The molecule has 0 fully saturated rings. The van der Waals surface area contributed by atoms with Gasteiger partial charge in [0.05, 0.1) is 31.9 Å². The van der Waals surface area contributed by atoms with Gasteiger partial charge in [-0.1, -0.05) is 6.07 Å². The summed E-state index contributed by atoms with van der Waals surface area (Å²) >= 11 is 0. The van der Waals surface area contributed by atoms with Gasteiger partial charge in [-0.25, -0.2) is 8.42 Å². The van der Waals surface area contributed by atoms with Crippen molar-refractivity contribution in [3.8, 4) is 11.5 Å². The van der Waals surface area contributed by atoms with Crippen LogP contribution in [0.3, 0.4) is 0 Å². The summed E-state index contributed by atoms with van der Waals surface area (Å²) in [5.74, 6) is 0.665. The van der Waals surface area contributed by atoms with E-state index in [-0.39, 0.29) is 5.91 Å². The lowest BCUT2D eigenvalue weighted by molar-refractivity contribution is 0.102. The molecule has 2 rings (SSSR count). The van der Waals surface area contributed by atoms with E-state index in [1.54, 1.807) is 43.3 Å². The minimum Gasteiger partial charge on any atom is -0.497 e. The predicted octanol–water partition coefficient (Wildman–Crippen LogP) is 2.64. The highest BCUT2D eigenvalue weighted by Crippen LogP contribution is 2.30. The van der Waals surface area contributed by atoms with Gasteiger partial charge in [-0.05, 0) is 36.8 Å². The highest BCUT2D eigenvalue weighted by molar-refractivity contribution is 7.92. The Bertz CT molecular complexity index is 894. The Labute approximate surface area is 147 Å². The minimum absolute atomic E-state index is 0.346. The first-order chi connectivity index (χ1) is 11.7. The summed E-state index contributed by atoms with van der Waals surface area (Å²) in [7, 11) is -0.414. The van der Waals surface area contributed by atoms with Crippen LogP contribution in [0, 0.1) is 6.92 Å². The maximum absolute atomic E-state index is 12.6. The Balaban J connectivity index is 2.35. The molecule has 0 spiro atoms. The first-order valence-electron chi connectivity index (χ1n) is 7.36.